The lowest BCUT2D eigenvalue weighted by Crippen LogP contribution is -2.23. The average Bonchev–Trinajstić information content (AvgIpc) is 3.04. The second kappa shape index (κ2) is 6.99. The fourth-order valence-electron chi connectivity index (χ4n) is 1.92. The van der Waals surface area contributed by atoms with Gasteiger partial charge in [-0.1, -0.05) is 22.8 Å². The van der Waals surface area contributed by atoms with Gasteiger partial charge in [-0.15, -0.1) is 5.10 Å². The maximum absolute atomic E-state index is 12.2. The summed E-state index contributed by atoms with van der Waals surface area (Å²) in [5.41, 5.74) is 0.435. The molecule has 0 radical (unpaired) electrons. The Morgan fingerprint density at radius 2 is 1.88 bits per heavy atom. The van der Waals surface area contributed by atoms with E-state index in [0.29, 0.717) is 10.7 Å². The number of carbonyl (C=O) groups excluding carboxylic acids is 1. The maximum Gasteiger partial charge on any atom is 0.322 e. The van der Waals surface area contributed by atoms with Crippen LogP contribution in [0, 0.1) is 0 Å². The number of halogens is 1. The summed E-state index contributed by atoms with van der Waals surface area (Å²) in [6.07, 6.45) is 1.55. The largest absolute Gasteiger partial charge is 0.401 e. The van der Waals surface area contributed by atoms with Crippen LogP contribution >= 0.6 is 11.6 Å². The topological polar surface area (TPSA) is 115 Å². The molecule has 3 rings (SSSR count). The molecule has 0 aliphatic carbocycles. The smallest absolute Gasteiger partial charge is 0.322 e. The lowest BCUT2D eigenvalue weighted by molar-refractivity contribution is -0.114. The molecular weight excluding hydrogens is 368 g/mol. The van der Waals surface area contributed by atoms with Crippen LogP contribution < -0.4 is 5.32 Å². The Labute approximate surface area is 147 Å². The van der Waals surface area contributed by atoms with E-state index in [2.05, 4.69) is 20.5 Å². The highest BCUT2D eigenvalue weighted by molar-refractivity contribution is 7.92. The summed E-state index contributed by atoms with van der Waals surface area (Å²) in [6, 6.07) is 10.4. The van der Waals surface area contributed by atoms with E-state index in [9.17, 15) is 13.2 Å². The van der Waals surface area contributed by atoms with E-state index in [1.807, 2.05) is 0 Å². The third-order valence-corrected chi connectivity index (χ3v) is 4.93. The molecule has 0 fully saturated rings. The van der Waals surface area contributed by atoms with Gasteiger partial charge < -0.3 is 4.42 Å². The Bertz CT molecular complexity index is 988. The first-order valence-corrected chi connectivity index (χ1v) is 9.00. The molecule has 0 aliphatic rings. The number of anilines is 1. The fourth-order valence-corrected chi connectivity index (χ4v) is 3.18. The summed E-state index contributed by atoms with van der Waals surface area (Å²) in [7, 11) is -3.81. The normalized spacial score (nSPS) is 11.2. The molecule has 3 aromatic rings. The van der Waals surface area contributed by atoms with Crippen molar-refractivity contribution in [1.29, 1.82) is 0 Å². The van der Waals surface area contributed by atoms with Crippen molar-refractivity contribution in [2.24, 2.45) is 0 Å². The van der Waals surface area contributed by atoms with E-state index in [0.717, 1.165) is 0 Å². The second-order valence-electron chi connectivity index (χ2n) is 4.89. The molecule has 8 nitrogen and oxygen atoms in total. The predicted molar refractivity (Wildman–Crippen MR) is 89.7 cm³/mol. The van der Waals surface area contributed by atoms with E-state index in [1.165, 1.54) is 24.3 Å². The molecule has 2 aromatic heterocycles. The van der Waals surface area contributed by atoms with Crippen LogP contribution in [0.25, 0.3) is 11.6 Å². The first kappa shape index (κ1) is 17.1. The summed E-state index contributed by atoms with van der Waals surface area (Å²) < 4.78 is 29.6. The molecule has 0 saturated carbocycles. The molecule has 1 amide bonds. The van der Waals surface area contributed by atoms with Gasteiger partial charge in [-0.25, -0.2) is 8.42 Å². The highest BCUT2D eigenvalue weighted by Gasteiger charge is 2.21. The number of nitrogens with one attached hydrogen (secondary N) is 1. The maximum atomic E-state index is 12.2. The number of benzene rings is 1. The van der Waals surface area contributed by atoms with Crippen LogP contribution in [0.3, 0.4) is 0 Å². The molecule has 0 aliphatic heterocycles. The first-order valence-electron chi connectivity index (χ1n) is 6.97. The monoisotopic (exact) mass is 378 g/mol. The molecule has 0 spiro atoms. The summed E-state index contributed by atoms with van der Waals surface area (Å²) in [5.74, 6) is -1.46. The van der Waals surface area contributed by atoms with Crippen molar-refractivity contribution in [3.8, 4) is 11.6 Å². The molecule has 25 heavy (non-hydrogen) atoms. The minimum Gasteiger partial charge on any atom is -0.401 e. The summed E-state index contributed by atoms with van der Waals surface area (Å²) >= 11 is 5.72. The minimum atomic E-state index is -3.81. The zero-order valence-corrected chi connectivity index (χ0v) is 14.2. The SMILES string of the molecule is O=C(CS(=O)(=O)c1ccc(Cl)cc1)Nc1nnc(-c2ccccn2)o1. The van der Waals surface area contributed by atoms with Gasteiger partial charge in [0.05, 0.1) is 4.90 Å². The predicted octanol–water partition coefficient (Wildman–Crippen LogP) is 2.20. The van der Waals surface area contributed by atoms with Gasteiger partial charge in [0.1, 0.15) is 11.4 Å². The van der Waals surface area contributed by atoms with Gasteiger partial charge in [-0.3, -0.25) is 15.1 Å². The zero-order valence-electron chi connectivity index (χ0n) is 12.6. The molecule has 1 aromatic carbocycles. The van der Waals surface area contributed by atoms with Crippen LogP contribution in [-0.4, -0.2) is 35.3 Å². The highest BCUT2D eigenvalue weighted by Crippen LogP contribution is 2.18. The number of nitrogens with zero attached hydrogens (tertiary/aromatic N) is 3. The standard InChI is InChI=1S/C15H11ClN4O4S/c16-10-4-6-11(7-5-10)25(22,23)9-13(21)18-15-20-19-14(24-15)12-3-1-2-8-17-12/h1-8H,9H2,(H,18,20,21). The number of carbonyl (C=O) groups is 1. The van der Waals surface area contributed by atoms with Gasteiger partial charge in [0.2, 0.25) is 5.91 Å². The van der Waals surface area contributed by atoms with Gasteiger partial charge in [0, 0.05) is 11.2 Å². The third kappa shape index (κ3) is 4.20. The molecule has 0 bridgehead atoms. The van der Waals surface area contributed by atoms with Crippen molar-refractivity contribution in [2.45, 2.75) is 4.90 Å². The Hall–Kier alpha value is -2.78. The first-order chi connectivity index (χ1) is 11.9. The Morgan fingerprint density at radius 1 is 1.12 bits per heavy atom. The van der Waals surface area contributed by atoms with Crippen LogP contribution in [0.15, 0.2) is 58.0 Å². The molecule has 10 heteroatoms. The number of hydrogen-bond donors (Lipinski definition) is 1. The van der Waals surface area contributed by atoms with Crippen LogP contribution in [0.5, 0.6) is 0 Å². The van der Waals surface area contributed by atoms with Gasteiger partial charge in [-0.05, 0) is 36.4 Å². The van der Waals surface area contributed by atoms with Crippen LogP contribution in [0.4, 0.5) is 6.01 Å². The van der Waals surface area contributed by atoms with E-state index in [1.54, 1.807) is 24.4 Å². The van der Waals surface area contributed by atoms with Crippen LogP contribution in [0.2, 0.25) is 5.02 Å². The molecule has 1 N–H and O–H groups in total. The highest BCUT2D eigenvalue weighted by atomic mass is 35.5. The molecule has 128 valence electrons. The van der Waals surface area contributed by atoms with Crippen molar-refractivity contribution in [3.63, 3.8) is 0 Å². The molecular formula is C15H11ClN4O4S. The number of aromatic nitrogens is 3. The third-order valence-electron chi connectivity index (χ3n) is 3.05. The summed E-state index contributed by atoms with van der Waals surface area (Å²) in [4.78, 5) is 16.0. The number of hydrogen-bond acceptors (Lipinski definition) is 7. The Morgan fingerprint density at radius 3 is 2.56 bits per heavy atom. The molecule has 0 atom stereocenters. The van der Waals surface area contributed by atoms with E-state index >= 15 is 0 Å². The number of amides is 1. The quantitative estimate of drug-likeness (QED) is 0.723. The molecule has 0 saturated heterocycles. The van der Waals surface area contributed by atoms with Crippen molar-refractivity contribution in [2.75, 3.05) is 11.1 Å². The van der Waals surface area contributed by atoms with Gasteiger partial charge >= 0.3 is 6.01 Å². The van der Waals surface area contributed by atoms with Gasteiger partial charge in [0.25, 0.3) is 5.89 Å². The van der Waals surface area contributed by atoms with Crippen LogP contribution in [-0.2, 0) is 14.6 Å². The van der Waals surface area contributed by atoms with Gasteiger partial charge in [0.15, 0.2) is 9.84 Å². The fraction of sp³-hybridized carbons (Fsp3) is 0.0667. The van der Waals surface area contributed by atoms with Crippen molar-refractivity contribution in [3.05, 3.63) is 53.7 Å². The lowest BCUT2D eigenvalue weighted by Gasteiger charge is -2.04. The van der Waals surface area contributed by atoms with Gasteiger partial charge in [-0.2, -0.15) is 0 Å². The zero-order chi connectivity index (χ0) is 17.9. The van der Waals surface area contributed by atoms with Crippen LogP contribution in [0.1, 0.15) is 0 Å². The second-order valence-corrected chi connectivity index (χ2v) is 7.31. The van der Waals surface area contributed by atoms with E-state index < -0.39 is 21.5 Å². The van der Waals surface area contributed by atoms with E-state index in [-0.39, 0.29) is 16.8 Å². The summed E-state index contributed by atoms with van der Waals surface area (Å²) in [5, 5.41) is 10.0. The number of rotatable bonds is 5. The summed E-state index contributed by atoms with van der Waals surface area (Å²) in [6.45, 7) is 0. The Balaban J connectivity index is 1.69. The number of pyridine rings is 1. The minimum absolute atomic E-state index is 0.00764. The molecule has 2 heterocycles. The van der Waals surface area contributed by atoms with Crippen molar-refractivity contribution < 1.29 is 17.6 Å². The Kier molecular flexibility index (Phi) is 4.77. The van der Waals surface area contributed by atoms with Crippen molar-refractivity contribution in [1.82, 2.24) is 15.2 Å². The average molecular weight is 379 g/mol. The molecule has 0 unspecified atom stereocenters. The lowest BCUT2D eigenvalue weighted by atomic mass is 10.3. The van der Waals surface area contributed by atoms with Crippen molar-refractivity contribution >= 4 is 33.4 Å². The van der Waals surface area contributed by atoms with E-state index in [4.69, 9.17) is 16.0 Å². The number of sulfone groups is 1.